The Kier molecular flexibility index (Phi) is 4.97. The smallest absolute Gasteiger partial charge is 0.346 e. The zero-order valence-corrected chi connectivity index (χ0v) is 15.4. The molecule has 7 nitrogen and oxygen atoms in total. The second-order valence-electron chi connectivity index (χ2n) is 6.31. The van der Waals surface area contributed by atoms with E-state index in [-0.39, 0.29) is 17.6 Å². The van der Waals surface area contributed by atoms with Crippen molar-refractivity contribution in [2.24, 2.45) is 0 Å². The van der Waals surface area contributed by atoms with Gasteiger partial charge >= 0.3 is 5.69 Å². The van der Waals surface area contributed by atoms with Gasteiger partial charge in [-0.05, 0) is 42.5 Å². The van der Waals surface area contributed by atoms with E-state index in [1.54, 1.807) is 34.4 Å². The normalized spacial score (nSPS) is 13.9. The molecular weight excluding hydrogens is 362 g/mol. The van der Waals surface area contributed by atoms with Crippen LogP contribution in [0.2, 0.25) is 0 Å². The largest absolute Gasteiger partial charge is 0.351 e. The highest BCUT2D eigenvalue weighted by molar-refractivity contribution is 7.10. The lowest BCUT2D eigenvalue weighted by molar-refractivity contribution is -0.116. The molecule has 138 valence electrons. The Morgan fingerprint density at radius 2 is 2.22 bits per heavy atom. The molecule has 0 unspecified atom stereocenters. The van der Waals surface area contributed by atoms with Gasteiger partial charge in [0.05, 0.1) is 6.54 Å². The van der Waals surface area contributed by atoms with Gasteiger partial charge in [-0.1, -0.05) is 6.07 Å². The quantitative estimate of drug-likeness (QED) is 0.637. The van der Waals surface area contributed by atoms with Crippen LogP contribution in [0.3, 0.4) is 0 Å². The molecule has 0 atom stereocenters. The Labute approximate surface area is 160 Å². The number of pyridine rings is 1. The van der Waals surface area contributed by atoms with E-state index in [9.17, 15) is 9.59 Å². The van der Waals surface area contributed by atoms with E-state index in [1.165, 1.54) is 10.8 Å². The van der Waals surface area contributed by atoms with Crippen LogP contribution in [-0.2, 0) is 11.3 Å². The number of nitrogens with zero attached hydrogens (tertiary/aromatic N) is 4. The lowest BCUT2D eigenvalue weighted by atomic mass is 10.3. The van der Waals surface area contributed by atoms with Crippen LogP contribution in [0, 0.1) is 0 Å². The summed E-state index contributed by atoms with van der Waals surface area (Å²) in [7, 11) is 0. The lowest BCUT2D eigenvalue weighted by Crippen LogP contribution is -2.31. The van der Waals surface area contributed by atoms with Crippen molar-refractivity contribution in [1.82, 2.24) is 24.6 Å². The minimum absolute atomic E-state index is 0.139. The maximum absolute atomic E-state index is 12.7. The number of amides is 1. The summed E-state index contributed by atoms with van der Waals surface area (Å²) in [5.74, 6) is 0.449. The van der Waals surface area contributed by atoms with E-state index in [1.807, 2.05) is 29.6 Å². The van der Waals surface area contributed by atoms with E-state index >= 15 is 0 Å². The molecule has 1 aliphatic carbocycles. The molecule has 3 aromatic rings. The minimum atomic E-state index is -0.189. The number of carbonyl (C=O) groups is 1. The Morgan fingerprint density at radius 1 is 1.33 bits per heavy atom. The summed E-state index contributed by atoms with van der Waals surface area (Å²) in [5, 5.41) is 9.23. The molecule has 0 aromatic carbocycles. The van der Waals surface area contributed by atoms with E-state index in [0.29, 0.717) is 18.9 Å². The highest BCUT2D eigenvalue weighted by Gasteiger charge is 2.30. The van der Waals surface area contributed by atoms with Gasteiger partial charge in [0.25, 0.3) is 0 Å². The van der Waals surface area contributed by atoms with Crippen molar-refractivity contribution in [2.75, 3.05) is 6.54 Å². The first kappa shape index (κ1) is 17.4. The summed E-state index contributed by atoms with van der Waals surface area (Å²) in [6, 6.07) is 7.82. The Bertz CT molecular complexity index is 1000. The molecule has 0 bridgehead atoms. The molecule has 0 aliphatic heterocycles. The second kappa shape index (κ2) is 7.71. The molecule has 1 amide bonds. The number of hydrogen-bond acceptors (Lipinski definition) is 5. The van der Waals surface area contributed by atoms with Crippen molar-refractivity contribution < 1.29 is 4.79 Å². The van der Waals surface area contributed by atoms with Crippen molar-refractivity contribution in [3.05, 3.63) is 63.5 Å². The first-order chi connectivity index (χ1) is 13.2. The number of carbonyl (C=O) groups excluding carboxylic acids is 1. The predicted molar refractivity (Wildman–Crippen MR) is 104 cm³/mol. The van der Waals surface area contributed by atoms with E-state index in [0.717, 1.165) is 23.3 Å². The monoisotopic (exact) mass is 381 g/mol. The molecule has 8 heteroatoms. The third-order valence-corrected chi connectivity index (χ3v) is 5.10. The van der Waals surface area contributed by atoms with Gasteiger partial charge < -0.3 is 5.32 Å². The van der Waals surface area contributed by atoms with Gasteiger partial charge in [0.15, 0.2) is 5.82 Å². The third-order valence-electron chi connectivity index (χ3n) is 4.27. The molecule has 27 heavy (non-hydrogen) atoms. The molecule has 3 aromatic heterocycles. The van der Waals surface area contributed by atoms with Crippen molar-refractivity contribution in [3.63, 3.8) is 0 Å². The fourth-order valence-electron chi connectivity index (χ4n) is 2.81. The van der Waals surface area contributed by atoms with E-state index < -0.39 is 0 Å². The average Bonchev–Trinajstić information content (AvgIpc) is 3.27. The molecule has 3 heterocycles. The van der Waals surface area contributed by atoms with Crippen LogP contribution >= 0.6 is 11.3 Å². The van der Waals surface area contributed by atoms with Crippen LogP contribution in [0.15, 0.2) is 52.9 Å². The van der Waals surface area contributed by atoms with Gasteiger partial charge in [0.1, 0.15) is 0 Å². The van der Waals surface area contributed by atoms with Crippen molar-refractivity contribution >= 4 is 23.3 Å². The van der Waals surface area contributed by atoms with E-state index in [4.69, 9.17) is 0 Å². The fourth-order valence-corrected chi connectivity index (χ4v) is 3.43. The zero-order chi connectivity index (χ0) is 18.6. The van der Waals surface area contributed by atoms with Gasteiger partial charge in [-0.15, -0.1) is 16.4 Å². The molecule has 1 fully saturated rings. The van der Waals surface area contributed by atoms with Gasteiger partial charge in [-0.25, -0.2) is 9.48 Å². The van der Waals surface area contributed by atoms with Crippen LogP contribution in [-0.4, -0.2) is 31.8 Å². The minimum Gasteiger partial charge on any atom is -0.351 e. The van der Waals surface area contributed by atoms with Crippen LogP contribution in [0.4, 0.5) is 0 Å². The van der Waals surface area contributed by atoms with Gasteiger partial charge in [-0.2, -0.15) is 0 Å². The topological polar surface area (TPSA) is 81.8 Å². The van der Waals surface area contributed by atoms with Crippen LogP contribution < -0.4 is 11.0 Å². The number of hydrogen-bond donors (Lipinski definition) is 1. The molecule has 4 rings (SSSR count). The molecule has 1 N–H and O–H groups in total. The molecule has 1 aliphatic rings. The Hall–Kier alpha value is -3.00. The van der Waals surface area contributed by atoms with Crippen molar-refractivity contribution in [3.8, 4) is 11.4 Å². The fraction of sp³-hybridized carbons (Fsp3) is 0.263. The van der Waals surface area contributed by atoms with Gasteiger partial charge in [-0.3, -0.25) is 14.3 Å². The van der Waals surface area contributed by atoms with E-state index in [2.05, 4.69) is 15.4 Å². The number of nitrogens with one attached hydrogen (secondary N) is 1. The van der Waals surface area contributed by atoms with Crippen LogP contribution in [0.1, 0.15) is 23.8 Å². The zero-order valence-electron chi connectivity index (χ0n) is 14.6. The lowest BCUT2D eigenvalue weighted by Gasteiger charge is -2.02. The summed E-state index contributed by atoms with van der Waals surface area (Å²) >= 11 is 1.57. The standard InChI is InChI=1S/C19H19N5O2S/c25-17(8-7-16-4-2-12-27-16)21-10-11-23-19(26)24(15-5-6-15)18(22-23)14-3-1-9-20-13-14/h1-4,7-9,12-13,15H,5-6,10-11H2,(H,21,25)/b8-7+. The highest BCUT2D eigenvalue weighted by atomic mass is 32.1. The summed E-state index contributed by atoms with van der Waals surface area (Å²) in [4.78, 5) is 29.8. The molecule has 1 saturated carbocycles. The molecule has 0 spiro atoms. The van der Waals surface area contributed by atoms with Gasteiger partial charge in [0.2, 0.25) is 5.91 Å². The van der Waals surface area contributed by atoms with Crippen molar-refractivity contribution in [2.45, 2.75) is 25.4 Å². The summed E-state index contributed by atoms with van der Waals surface area (Å²) in [5.41, 5.74) is 0.683. The first-order valence-electron chi connectivity index (χ1n) is 8.81. The highest BCUT2D eigenvalue weighted by Crippen LogP contribution is 2.36. The third kappa shape index (κ3) is 4.06. The average molecular weight is 381 g/mol. The Morgan fingerprint density at radius 3 is 2.93 bits per heavy atom. The number of thiophene rings is 1. The van der Waals surface area contributed by atoms with Gasteiger partial charge in [0, 0.05) is 41.5 Å². The summed E-state index contributed by atoms with van der Waals surface area (Å²) in [6.45, 7) is 0.659. The molecule has 0 radical (unpaired) electrons. The SMILES string of the molecule is O=C(/C=C/c1cccs1)NCCn1nc(-c2cccnc2)n(C2CC2)c1=O. The molecule has 0 saturated heterocycles. The number of rotatable bonds is 7. The second-order valence-corrected chi connectivity index (χ2v) is 7.29. The maximum atomic E-state index is 12.7. The maximum Gasteiger partial charge on any atom is 0.346 e. The summed E-state index contributed by atoms with van der Waals surface area (Å²) in [6.07, 6.45) is 8.65. The summed E-state index contributed by atoms with van der Waals surface area (Å²) < 4.78 is 3.17. The van der Waals surface area contributed by atoms with Crippen LogP contribution in [0.25, 0.3) is 17.5 Å². The van der Waals surface area contributed by atoms with Crippen molar-refractivity contribution in [1.29, 1.82) is 0 Å². The van der Waals surface area contributed by atoms with Crippen LogP contribution in [0.5, 0.6) is 0 Å². The number of aromatic nitrogens is 4. The predicted octanol–water partition coefficient (Wildman–Crippen LogP) is 2.33. The molecular formula is C19H19N5O2S. The first-order valence-corrected chi connectivity index (χ1v) is 9.69. The Balaban J connectivity index is 1.43.